The normalized spacial score (nSPS) is 11.5. The largest absolute Gasteiger partial charge is 0.359 e. The molecule has 0 unspecified atom stereocenters. The average molecular weight is 334 g/mol. The van der Waals surface area contributed by atoms with E-state index in [4.69, 9.17) is 0 Å². The van der Waals surface area contributed by atoms with Crippen molar-refractivity contribution in [2.75, 3.05) is 26.2 Å². The lowest BCUT2D eigenvalue weighted by molar-refractivity contribution is -0.782. The van der Waals surface area contributed by atoms with Gasteiger partial charge in [-0.25, -0.2) is 10.2 Å². The smallest absolute Gasteiger partial charge is 0.335 e. The van der Waals surface area contributed by atoms with Crippen molar-refractivity contribution in [2.45, 2.75) is 20.3 Å². The first kappa shape index (κ1) is 17.7. The van der Waals surface area contributed by atoms with E-state index in [-0.39, 0.29) is 6.03 Å². The first-order valence-electron chi connectivity index (χ1n) is 7.92. The van der Waals surface area contributed by atoms with E-state index in [1.807, 2.05) is 0 Å². The molecule has 0 radical (unpaired) electrons. The van der Waals surface area contributed by atoms with Crippen molar-refractivity contribution in [3.8, 4) is 0 Å². The molecule has 1 aromatic heterocycles. The van der Waals surface area contributed by atoms with Crippen LogP contribution >= 0.6 is 0 Å². The average Bonchev–Trinajstić information content (AvgIpc) is 2.96. The Balaban J connectivity index is 1.74. The van der Waals surface area contributed by atoms with Crippen LogP contribution in [0.15, 0.2) is 27.9 Å². The van der Waals surface area contributed by atoms with Gasteiger partial charge in [-0.05, 0) is 48.7 Å². The first-order chi connectivity index (χ1) is 11.6. The fourth-order valence-corrected chi connectivity index (χ4v) is 2.22. The predicted molar refractivity (Wildman–Crippen MR) is 89.5 cm³/mol. The minimum Gasteiger partial charge on any atom is -0.359 e. The molecule has 0 aliphatic rings. The highest BCUT2D eigenvalue weighted by molar-refractivity contribution is 5.86. The van der Waals surface area contributed by atoms with Crippen LogP contribution in [0.2, 0.25) is 0 Å². The van der Waals surface area contributed by atoms with Gasteiger partial charge in [0.15, 0.2) is 0 Å². The third-order valence-electron chi connectivity index (χ3n) is 3.62. The van der Waals surface area contributed by atoms with E-state index in [1.165, 1.54) is 6.21 Å². The Labute approximate surface area is 139 Å². The molecule has 2 N–H and O–H groups in total. The molecule has 0 aliphatic carbocycles. The van der Waals surface area contributed by atoms with Crippen LogP contribution in [0.25, 0.3) is 11.0 Å². The van der Waals surface area contributed by atoms with Crippen molar-refractivity contribution < 1.29 is 14.3 Å². The second kappa shape index (κ2) is 8.82. The number of fused-ring (bicyclic) bond motifs is 1. The van der Waals surface area contributed by atoms with Gasteiger partial charge in [-0.15, -0.1) is 0 Å². The van der Waals surface area contributed by atoms with Gasteiger partial charge in [0.2, 0.25) is 11.0 Å². The van der Waals surface area contributed by atoms with Gasteiger partial charge in [-0.1, -0.05) is 13.8 Å². The number of hydrogen-bond donors (Lipinski definition) is 2. The van der Waals surface area contributed by atoms with Crippen molar-refractivity contribution >= 4 is 23.3 Å². The second-order valence-electron chi connectivity index (χ2n) is 5.18. The summed E-state index contributed by atoms with van der Waals surface area (Å²) in [6.45, 7) is 7.78. The van der Waals surface area contributed by atoms with E-state index in [2.05, 4.69) is 44.4 Å². The molecule has 0 bridgehead atoms. The highest BCUT2D eigenvalue weighted by Gasteiger charge is 2.08. The van der Waals surface area contributed by atoms with Gasteiger partial charge in [-0.2, -0.15) is 5.10 Å². The fraction of sp³-hybridized carbons (Fsp3) is 0.467. The zero-order valence-corrected chi connectivity index (χ0v) is 13.9. The molecule has 2 amide bonds. The van der Waals surface area contributed by atoms with Crippen LogP contribution in [0.3, 0.4) is 0 Å². The van der Waals surface area contributed by atoms with E-state index >= 15 is 0 Å². The van der Waals surface area contributed by atoms with E-state index in [0.717, 1.165) is 26.1 Å². The molecule has 0 atom stereocenters. The Kier molecular flexibility index (Phi) is 6.50. The van der Waals surface area contributed by atoms with Crippen LogP contribution in [0.4, 0.5) is 4.79 Å². The van der Waals surface area contributed by atoms with Gasteiger partial charge in [0.1, 0.15) is 0 Å². The van der Waals surface area contributed by atoms with Gasteiger partial charge in [0.05, 0.1) is 6.21 Å². The molecule has 1 heterocycles. The molecular formula is C15H22N6O3. The molecule has 0 aliphatic heterocycles. The number of amides is 2. The van der Waals surface area contributed by atoms with Gasteiger partial charge >= 0.3 is 6.03 Å². The highest BCUT2D eigenvalue weighted by atomic mass is 16.8. The Morgan fingerprint density at radius 1 is 1.46 bits per heavy atom. The molecule has 130 valence electrons. The topological polar surface area (TPSA) is 110 Å². The zero-order valence-electron chi connectivity index (χ0n) is 13.9. The second-order valence-corrected chi connectivity index (χ2v) is 5.18. The molecule has 9 heteroatoms. The first-order valence-corrected chi connectivity index (χ1v) is 7.92. The molecule has 0 saturated heterocycles. The number of hydrazone groups is 1. The molecular weight excluding hydrogens is 312 g/mol. The van der Waals surface area contributed by atoms with E-state index < -0.39 is 0 Å². The Bertz CT molecular complexity index is 696. The molecule has 24 heavy (non-hydrogen) atoms. The number of carbonyl (C=O) groups is 1. The SMILES string of the molecule is CCN(CC)CCCNC(=O)N/N=C/c1ccc2no[n+]([O-])c2c1. The number of aromatic nitrogens is 2. The van der Waals surface area contributed by atoms with E-state index in [0.29, 0.717) is 28.0 Å². The van der Waals surface area contributed by atoms with Crippen molar-refractivity contribution in [3.05, 3.63) is 29.0 Å². The van der Waals surface area contributed by atoms with E-state index in [9.17, 15) is 10.0 Å². The molecule has 0 spiro atoms. The molecule has 0 fully saturated rings. The number of urea groups is 1. The molecule has 2 aromatic rings. The van der Waals surface area contributed by atoms with Crippen LogP contribution in [0.5, 0.6) is 0 Å². The van der Waals surface area contributed by atoms with Crippen molar-refractivity contribution in [1.82, 2.24) is 20.8 Å². The molecule has 1 aromatic carbocycles. The summed E-state index contributed by atoms with van der Waals surface area (Å²) >= 11 is 0. The lowest BCUT2D eigenvalue weighted by atomic mass is 10.2. The number of carbonyl (C=O) groups excluding carboxylic acids is 1. The lowest BCUT2D eigenvalue weighted by Gasteiger charge is -2.17. The van der Waals surface area contributed by atoms with Gasteiger partial charge < -0.3 is 15.4 Å². The van der Waals surface area contributed by atoms with Gasteiger partial charge in [0, 0.05) is 17.8 Å². The van der Waals surface area contributed by atoms with Gasteiger partial charge in [-0.3, -0.25) is 4.63 Å². The highest BCUT2D eigenvalue weighted by Crippen LogP contribution is 2.08. The van der Waals surface area contributed by atoms with Crippen molar-refractivity contribution in [2.24, 2.45) is 5.10 Å². The monoisotopic (exact) mass is 334 g/mol. The Hall–Kier alpha value is -2.68. The van der Waals surface area contributed by atoms with Crippen LogP contribution in [-0.4, -0.2) is 48.5 Å². The molecule has 2 rings (SSSR count). The summed E-state index contributed by atoms with van der Waals surface area (Å²) in [5.74, 6) is 0. The van der Waals surface area contributed by atoms with E-state index in [1.54, 1.807) is 18.2 Å². The summed E-state index contributed by atoms with van der Waals surface area (Å²) in [7, 11) is 0. The summed E-state index contributed by atoms with van der Waals surface area (Å²) in [5.41, 5.74) is 3.80. The van der Waals surface area contributed by atoms with Crippen molar-refractivity contribution in [3.63, 3.8) is 0 Å². The molecule has 9 nitrogen and oxygen atoms in total. The van der Waals surface area contributed by atoms with Crippen LogP contribution < -0.4 is 15.6 Å². The summed E-state index contributed by atoms with van der Waals surface area (Å²) in [5, 5.41) is 21.5. The third kappa shape index (κ3) is 4.92. The quantitative estimate of drug-likeness (QED) is 0.321. The molecule has 0 saturated carbocycles. The number of rotatable bonds is 8. The van der Waals surface area contributed by atoms with Crippen LogP contribution in [0.1, 0.15) is 25.8 Å². The maximum Gasteiger partial charge on any atom is 0.335 e. The third-order valence-corrected chi connectivity index (χ3v) is 3.62. The lowest BCUT2D eigenvalue weighted by Crippen LogP contribution is -2.34. The number of benzene rings is 1. The van der Waals surface area contributed by atoms with Gasteiger partial charge in [0.25, 0.3) is 0 Å². The Morgan fingerprint density at radius 2 is 2.25 bits per heavy atom. The Morgan fingerprint density at radius 3 is 3.00 bits per heavy atom. The zero-order chi connectivity index (χ0) is 17.4. The van der Waals surface area contributed by atoms with Crippen LogP contribution in [0, 0.1) is 5.21 Å². The number of nitrogens with zero attached hydrogens (tertiary/aromatic N) is 4. The predicted octanol–water partition coefficient (Wildman–Crippen LogP) is 0.826. The summed E-state index contributed by atoms with van der Waals surface area (Å²) < 4.78 is 4.48. The number of hydrogen-bond acceptors (Lipinski definition) is 6. The minimum atomic E-state index is -0.365. The maximum absolute atomic E-state index is 11.6. The van der Waals surface area contributed by atoms with Crippen LogP contribution in [-0.2, 0) is 0 Å². The summed E-state index contributed by atoms with van der Waals surface area (Å²) in [4.78, 5) is 14.2. The standard InChI is InChI=1S/C15H22N6O3/c1-3-20(4-2)9-5-8-16-15(22)18-17-11-12-6-7-13-14(10-12)21(23)24-19-13/h6-7,10-11H,3-5,8-9H2,1-2H3,(H2,16,18,22)/b17-11+. The van der Waals surface area contributed by atoms with Crippen molar-refractivity contribution in [1.29, 1.82) is 0 Å². The maximum atomic E-state index is 11.6. The minimum absolute atomic E-state index is 0.305. The summed E-state index contributed by atoms with van der Waals surface area (Å²) in [6.07, 6.45) is 2.33. The number of nitrogens with one attached hydrogen (secondary N) is 2. The fourth-order valence-electron chi connectivity index (χ4n) is 2.22. The summed E-state index contributed by atoms with van der Waals surface area (Å²) in [6, 6.07) is 4.57.